The van der Waals surface area contributed by atoms with Gasteiger partial charge in [-0.1, -0.05) is 13.8 Å². The maximum absolute atomic E-state index is 14.6. The van der Waals surface area contributed by atoms with Crippen LogP contribution >= 0.6 is 0 Å². The number of rotatable bonds is 7. The van der Waals surface area contributed by atoms with Crippen molar-refractivity contribution in [2.75, 3.05) is 39.4 Å². The lowest BCUT2D eigenvalue weighted by atomic mass is 9.87. The van der Waals surface area contributed by atoms with E-state index in [1.165, 1.54) is 11.0 Å². The highest BCUT2D eigenvalue weighted by atomic mass is 19.3. The van der Waals surface area contributed by atoms with Crippen molar-refractivity contribution in [1.29, 1.82) is 0 Å². The Labute approximate surface area is 192 Å². The second-order valence-corrected chi connectivity index (χ2v) is 9.16. The monoisotopic (exact) mass is 467 g/mol. The summed E-state index contributed by atoms with van der Waals surface area (Å²) in [4.78, 5) is 14.6. The number of morpholine rings is 1. The van der Waals surface area contributed by atoms with Gasteiger partial charge < -0.3 is 24.3 Å². The number of benzene rings is 1. The summed E-state index contributed by atoms with van der Waals surface area (Å²) in [7, 11) is 0. The molecule has 6 nitrogen and oxygen atoms in total. The van der Waals surface area contributed by atoms with Crippen LogP contribution in [0.5, 0.6) is 5.75 Å². The summed E-state index contributed by atoms with van der Waals surface area (Å²) in [5.41, 5.74) is 0.154. The number of aromatic nitrogens is 1. The van der Waals surface area contributed by atoms with Gasteiger partial charge in [0.1, 0.15) is 17.5 Å². The van der Waals surface area contributed by atoms with Gasteiger partial charge in [-0.2, -0.15) is 0 Å². The summed E-state index contributed by atoms with van der Waals surface area (Å²) in [5.74, 6) is 0.754. The lowest BCUT2D eigenvalue weighted by Crippen LogP contribution is -2.42. The smallest absolute Gasteiger partial charge is 0.288 e. The minimum Gasteiger partial charge on any atom is -0.490 e. The van der Waals surface area contributed by atoms with Gasteiger partial charge in [0.2, 0.25) is 6.30 Å². The molecule has 2 aliphatic rings. The fourth-order valence-electron chi connectivity index (χ4n) is 4.85. The minimum atomic E-state index is -3.25. The third-order valence-electron chi connectivity index (χ3n) is 6.51. The summed E-state index contributed by atoms with van der Waals surface area (Å²) in [6, 6.07) is 6.44. The molecule has 9 heteroatoms. The molecule has 0 aliphatic carbocycles. The van der Waals surface area contributed by atoms with E-state index in [1.54, 1.807) is 18.2 Å². The summed E-state index contributed by atoms with van der Waals surface area (Å²) in [5, 5.41) is 3.91. The van der Waals surface area contributed by atoms with Crippen LogP contribution in [0, 0.1) is 11.8 Å². The highest BCUT2D eigenvalue weighted by Crippen LogP contribution is 2.33. The Morgan fingerprint density at radius 2 is 1.94 bits per heavy atom. The van der Waals surface area contributed by atoms with Gasteiger partial charge >= 0.3 is 0 Å². The predicted octanol–water partition coefficient (Wildman–Crippen LogP) is 4.25. The molecule has 3 heterocycles. The molecule has 2 unspecified atom stereocenters. The topological polar surface area (TPSA) is 55.7 Å². The van der Waals surface area contributed by atoms with Crippen LogP contribution in [0.15, 0.2) is 24.3 Å². The molecule has 0 radical (unpaired) electrons. The predicted molar refractivity (Wildman–Crippen MR) is 120 cm³/mol. The molecule has 0 saturated carbocycles. The van der Waals surface area contributed by atoms with Crippen LogP contribution in [-0.4, -0.2) is 67.3 Å². The number of alkyl halides is 3. The first-order chi connectivity index (χ1) is 15.9. The molecule has 1 aromatic heterocycles. The van der Waals surface area contributed by atoms with E-state index in [9.17, 15) is 18.0 Å². The maximum atomic E-state index is 14.6. The number of fused-ring (bicyclic) bond motifs is 1. The molecule has 2 saturated heterocycles. The van der Waals surface area contributed by atoms with Gasteiger partial charge in [0.25, 0.3) is 12.3 Å². The number of hydrogen-bond acceptors (Lipinski definition) is 4. The first kappa shape index (κ1) is 23.9. The Kier molecular flexibility index (Phi) is 7.48. The Hall–Kier alpha value is -2.26. The van der Waals surface area contributed by atoms with Gasteiger partial charge in [-0.25, -0.2) is 13.2 Å². The number of amides is 1. The van der Waals surface area contributed by atoms with Crippen LogP contribution < -0.4 is 10.1 Å². The van der Waals surface area contributed by atoms with Crippen molar-refractivity contribution in [2.45, 2.75) is 45.5 Å². The van der Waals surface area contributed by atoms with E-state index in [0.29, 0.717) is 43.4 Å². The lowest BCUT2D eigenvalue weighted by Gasteiger charge is -2.33. The van der Waals surface area contributed by atoms with Crippen molar-refractivity contribution >= 4 is 16.8 Å². The molecule has 2 aromatic rings. The van der Waals surface area contributed by atoms with E-state index in [-0.39, 0.29) is 23.2 Å². The fourth-order valence-corrected chi connectivity index (χ4v) is 4.85. The zero-order chi connectivity index (χ0) is 23.5. The molecule has 0 spiro atoms. The molecule has 4 rings (SSSR count). The van der Waals surface area contributed by atoms with E-state index in [4.69, 9.17) is 9.47 Å². The number of piperidine rings is 1. The van der Waals surface area contributed by atoms with Gasteiger partial charge in [-0.15, -0.1) is 0 Å². The summed E-state index contributed by atoms with van der Waals surface area (Å²) < 4.78 is 53.8. The largest absolute Gasteiger partial charge is 0.490 e. The van der Waals surface area contributed by atoms with Gasteiger partial charge in [0, 0.05) is 30.9 Å². The first-order valence-electron chi connectivity index (χ1n) is 11.7. The third kappa shape index (κ3) is 5.14. The average molecular weight is 468 g/mol. The second kappa shape index (κ2) is 10.3. The summed E-state index contributed by atoms with van der Waals surface area (Å²) >= 11 is 0. The molecule has 1 amide bonds. The molecule has 0 bridgehead atoms. The van der Waals surface area contributed by atoms with E-state index in [1.807, 2.05) is 0 Å². The molecular weight excluding hydrogens is 435 g/mol. The number of ether oxygens (including phenoxy) is 2. The normalized spacial score (nSPS) is 21.5. The third-order valence-corrected chi connectivity index (χ3v) is 6.51. The van der Waals surface area contributed by atoms with Crippen molar-refractivity contribution < 1.29 is 27.4 Å². The number of carbonyl (C=O) groups is 1. The van der Waals surface area contributed by atoms with Crippen molar-refractivity contribution in [1.82, 2.24) is 14.8 Å². The van der Waals surface area contributed by atoms with Crippen LogP contribution in [-0.2, 0) is 4.74 Å². The van der Waals surface area contributed by atoms with Crippen molar-refractivity contribution in [3.63, 3.8) is 0 Å². The standard InChI is InChI=1S/C24H32F3N3O3/c1-15(2)21(16-4-3-7-28-14-16)33-18-5-6-19-17(12-18)13-20(30(19)23(27)22(25)26)24(31)29-8-10-32-11-9-29/h5-6,12-13,15-16,21-23,28H,3-4,7-11,14H2,1-2H3/t16?,21-,23?/m0/s1. The van der Waals surface area contributed by atoms with Gasteiger partial charge in [-0.05, 0) is 49.6 Å². The Morgan fingerprint density at radius 1 is 1.18 bits per heavy atom. The number of nitrogens with one attached hydrogen (secondary N) is 1. The van der Waals surface area contributed by atoms with Crippen LogP contribution in [0.4, 0.5) is 13.2 Å². The molecule has 182 valence electrons. The summed E-state index contributed by atoms with van der Waals surface area (Å²) in [6.45, 7) is 7.53. The van der Waals surface area contributed by atoms with Crippen LogP contribution in [0.2, 0.25) is 0 Å². The molecule has 33 heavy (non-hydrogen) atoms. The molecule has 2 fully saturated rings. The Morgan fingerprint density at radius 3 is 2.58 bits per heavy atom. The van der Waals surface area contributed by atoms with Crippen molar-refractivity contribution in [3.8, 4) is 5.75 Å². The molecule has 1 N–H and O–H groups in total. The van der Waals surface area contributed by atoms with Crippen molar-refractivity contribution in [2.24, 2.45) is 11.8 Å². The number of hydrogen-bond donors (Lipinski definition) is 1. The highest BCUT2D eigenvalue weighted by Gasteiger charge is 2.32. The van der Waals surface area contributed by atoms with E-state index < -0.39 is 18.6 Å². The molecule has 2 aliphatic heterocycles. The van der Waals surface area contributed by atoms with Crippen LogP contribution in [0.25, 0.3) is 10.9 Å². The Balaban J connectivity index is 1.67. The Bertz CT molecular complexity index is 953. The van der Waals surface area contributed by atoms with Crippen LogP contribution in [0.1, 0.15) is 43.5 Å². The second-order valence-electron chi connectivity index (χ2n) is 9.16. The number of nitrogens with zero attached hydrogens (tertiary/aromatic N) is 2. The quantitative estimate of drug-likeness (QED) is 0.662. The van der Waals surface area contributed by atoms with Crippen molar-refractivity contribution in [3.05, 3.63) is 30.0 Å². The maximum Gasteiger partial charge on any atom is 0.288 e. The minimum absolute atomic E-state index is 0.0122. The van der Waals surface area contributed by atoms with Gasteiger partial charge in [0.05, 0.1) is 18.7 Å². The van der Waals surface area contributed by atoms with Crippen LogP contribution in [0.3, 0.4) is 0 Å². The summed E-state index contributed by atoms with van der Waals surface area (Å²) in [6.07, 6.45) is -3.72. The van der Waals surface area contributed by atoms with E-state index in [2.05, 4.69) is 19.2 Å². The van der Waals surface area contributed by atoms with Gasteiger partial charge in [0.15, 0.2) is 0 Å². The van der Waals surface area contributed by atoms with E-state index >= 15 is 0 Å². The number of carbonyl (C=O) groups excluding carboxylic acids is 1. The highest BCUT2D eigenvalue weighted by molar-refractivity contribution is 5.99. The average Bonchev–Trinajstić information content (AvgIpc) is 3.21. The van der Waals surface area contributed by atoms with Gasteiger partial charge in [-0.3, -0.25) is 4.79 Å². The van der Waals surface area contributed by atoms with E-state index in [0.717, 1.165) is 30.5 Å². The SMILES string of the molecule is CC(C)[C@H](Oc1ccc2c(c1)cc(C(=O)N1CCOCC1)n2C(F)C(F)F)C1CCCNC1. The lowest BCUT2D eigenvalue weighted by molar-refractivity contribution is 0.00647. The zero-order valence-electron chi connectivity index (χ0n) is 19.1. The fraction of sp³-hybridized carbons (Fsp3) is 0.625. The molecular formula is C24H32F3N3O3. The number of halogens is 3. The molecule has 3 atom stereocenters. The zero-order valence-corrected chi connectivity index (χ0v) is 19.1. The first-order valence-corrected chi connectivity index (χ1v) is 11.7. The molecule has 1 aromatic carbocycles.